The molecule has 0 saturated carbocycles. The Bertz CT molecular complexity index is 390. The first-order valence-electron chi connectivity index (χ1n) is 5.57. The van der Waals surface area contributed by atoms with Crippen molar-refractivity contribution in [2.24, 2.45) is 0 Å². The third kappa shape index (κ3) is 4.04. The molecule has 0 aliphatic rings. The molecule has 0 radical (unpaired) electrons. The lowest BCUT2D eigenvalue weighted by atomic mass is 9.98. The van der Waals surface area contributed by atoms with Gasteiger partial charge in [-0.25, -0.2) is 0 Å². The molecule has 0 heterocycles. The van der Waals surface area contributed by atoms with Gasteiger partial charge in [0, 0.05) is 4.47 Å². The summed E-state index contributed by atoms with van der Waals surface area (Å²) >= 11 is 3.48. The smallest absolute Gasteiger partial charge is 0.306 e. The van der Waals surface area contributed by atoms with E-state index in [4.69, 9.17) is 9.47 Å². The quantitative estimate of drug-likeness (QED) is 0.781. The summed E-state index contributed by atoms with van der Waals surface area (Å²) in [4.78, 5) is 11.4. The maximum absolute atomic E-state index is 11.4. The topological polar surface area (TPSA) is 35.5 Å². The number of methoxy groups -OCH3 is 1. The van der Waals surface area contributed by atoms with E-state index in [2.05, 4.69) is 15.9 Å². The van der Waals surface area contributed by atoms with Gasteiger partial charge in [0.25, 0.3) is 0 Å². The van der Waals surface area contributed by atoms with E-state index in [-0.39, 0.29) is 11.9 Å². The minimum atomic E-state index is -0.172. The molecule has 0 fully saturated rings. The summed E-state index contributed by atoms with van der Waals surface area (Å²) in [5.41, 5.74) is 1.05. The van der Waals surface area contributed by atoms with Crippen molar-refractivity contribution in [2.45, 2.75) is 26.2 Å². The lowest BCUT2D eigenvalue weighted by molar-refractivity contribution is -0.143. The number of ether oxygens (including phenoxy) is 2. The number of hydrogen-bond donors (Lipinski definition) is 0. The first-order chi connectivity index (χ1) is 8.08. The van der Waals surface area contributed by atoms with E-state index in [0.717, 1.165) is 15.8 Å². The lowest BCUT2D eigenvalue weighted by Gasteiger charge is -2.14. The van der Waals surface area contributed by atoms with Gasteiger partial charge >= 0.3 is 5.97 Å². The third-order valence-corrected chi connectivity index (χ3v) is 3.23. The van der Waals surface area contributed by atoms with Gasteiger partial charge in [-0.3, -0.25) is 4.79 Å². The molecule has 17 heavy (non-hydrogen) atoms. The first kappa shape index (κ1) is 14.0. The third-order valence-electron chi connectivity index (χ3n) is 2.51. The van der Waals surface area contributed by atoms with Crippen LogP contribution in [0.1, 0.15) is 31.7 Å². The van der Waals surface area contributed by atoms with Crippen LogP contribution >= 0.6 is 15.9 Å². The fraction of sp³-hybridized carbons (Fsp3) is 0.462. The van der Waals surface area contributed by atoms with Crippen molar-refractivity contribution in [3.63, 3.8) is 0 Å². The summed E-state index contributed by atoms with van der Waals surface area (Å²) in [5, 5.41) is 0. The normalized spacial score (nSPS) is 12.0. The van der Waals surface area contributed by atoms with Gasteiger partial charge in [-0.2, -0.15) is 0 Å². The van der Waals surface area contributed by atoms with Crippen LogP contribution in [0.4, 0.5) is 0 Å². The Hall–Kier alpha value is -1.03. The highest BCUT2D eigenvalue weighted by Gasteiger charge is 2.15. The minimum absolute atomic E-state index is 0.0959. The molecule has 0 bridgehead atoms. The fourth-order valence-corrected chi connectivity index (χ4v) is 2.24. The van der Waals surface area contributed by atoms with Gasteiger partial charge in [-0.15, -0.1) is 0 Å². The highest BCUT2D eigenvalue weighted by Crippen LogP contribution is 2.30. The second-order valence-corrected chi connectivity index (χ2v) is 4.65. The van der Waals surface area contributed by atoms with Crippen LogP contribution in [-0.4, -0.2) is 19.7 Å². The average Bonchev–Trinajstić information content (AvgIpc) is 2.29. The Kier molecular flexibility index (Phi) is 5.48. The standard InChI is InChI=1S/C13H17BrO3/c1-4-17-13(15)7-9(2)11-8-10(16-3)5-6-12(11)14/h5-6,8-9H,4,7H2,1-3H3/t9-/m1/s1. The zero-order chi connectivity index (χ0) is 12.8. The van der Waals surface area contributed by atoms with Crippen molar-refractivity contribution in [1.29, 1.82) is 0 Å². The minimum Gasteiger partial charge on any atom is -0.497 e. The van der Waals surface area contributed by atoms with E-state index >= 15 is 0 Å². The monoisotopic (exact) mass is 300 g/mol. The molecule has 4 heteroatoms. The van der Waals surface area contributed by atoms with Crippen LogP contribution < -0.4 is 4.74 Å². The number of carbonyl (C=O) groups excluding carboxylic acids is 1. The number of halogens is 1. The van der Waals surface area contributed by atoms with Crippen molar-refractivity contribution in [3.8, 4) is 5.75 Å². The zero-order valence-electron chi connectivity index (χ0n) is 10.3. The number of rotatable bonds is 5. The molecule has 3 nitrogen and oxygen atoms in total. The van der Waals surface area contributed by atoms with Gasteiger partial charge in [0.15, 0.2) is 0 Å². The molecule has 0 aromatic heterocycles. The average molecular weight is 301 g/mol. The molecule has 0 aliphatic carbocycles. The number of hydrogen-bond acceptors (Lipinski definition) is 3. The largest absolute Gasteiger partial charge is 0.497 e. The molecule has 0 N–H and O–H groups in total. The highest BCUT2D eigenvalue weighted by atomic mass is 79.9. The second-order valence-electron chi connectivity index (χ2n) is 3.80. The highest BCUT2D eigenvalue weighted by molar-refractivity contribution is 9.10. The Balaban J connectivity index is 2.80. The molecular weight excluding hydrogens is 284 g/mol. The summed E-state index contributed by atoms with van der Waals surface area (Å²) in [7, 11) is 1.63. The molecule has 1 aromatic carbocycles. The van der Waals surface area contributed by atoms with Crippen LogP contribution in [0.2, 0.25) is 0 Å². The molecular formula is C13H17BrO3. The number of esters is 1. The van der Waals surface area contributed by atoms with Crippen molar-refractivity contribution in [1.82, 2.24) is 0 Å². The predicted octanol–water partition coefficient (Wildman–Crippen LogP) is 3.51. The van der Waals surface area contributed by atoms with Gasteiger partial charge in [-0.05, 0) is 36.6 Å². The van der Waals surface area contributed by atoms with Gasteiger partial charge in [-0.1, -0.05) is 22.9 Å². The molecule has 1 rings (SSSR count). The molecule has 0 spiro atoms. The van der Waals surface area contributed by atoms with Crippen LogP contribution in [0, 0.1) is 0 Å². The number of carbonyl (C=O) groups is 1. The van der Waals surface area contributed by atoms with Gasteiger partial charge < -0.3 is 9.47 Å². The summed E-state index contributed by atoms with van der Waals surface area (Å²) in [5.74, 6) is 0.715. The maximum atomic E-state index is 11.4. The summed E-state index contributed by atoms with van der Waals surface area (Å²) < 4.78 is 11.1. The van der Waals surface area contributed by atoms with Crippen molar-refractivity contribution < 1.29 is 14.3 Å². The Labute approximate surface area is 110 Å². The van der Waals surface area contributed by atoms with E-state index in [0.29, 0.717) is 13.0 Å². The van der Waals surface area contributed by atoms with Crippen LogP contribution in [-0.2, 0) is 9.53 Å². The van der Waals surface area contributed by atoms with Crippen molar-refractivity contribution >= 4 is 21.9 Å². The Morgan fingerprint density at radius 3 is 2.76 bits per heavy atom. The van der Waals surface area contributed by atoms with Gasteiger partial charge in [0.2, 0.25) is 0 Å². The second kappa shape index (κ2) is 6.64. The van der Waals surface area contributed by atoms with Crippen LogP contribution in [0.3, 0.4) is 0 Å². The predicted molar refractivity (Wildman–Crippen MR) is 70.4 cm³/mol. The molecule has 0 saturated heterocycles. The van der Waals surface area contributed by atoms with Crippen LogP contribution in [0.5, 0.6) is 5.75 Å². The molecule has 1 atom stereocenters. The maximum Gasteiger partial charge on any atom is 0.306 e. The first-order valence-corrected chi connectivity index (χ1v) is 6.36. The van der Waals surface area contributed by atoms with E-state index in [1.807, 2.05) is 32.0 Å². The lowest BCUT2D eigenvalue weighted by Crippen LogP contribution is -2.08. The number of benzene rings is 1. The summed E-state index contributed by atoms with van der Waals surface area (Å²) in [6.07, 6.45) is 0.375. The molecule has 0 aliphatic heterocycles. The zero-order valence-corrected chi connectivity index (χ0v) is 11.9. The van der Waals surface area contributed by atoms with Crippen LogP contribution in [0.25, 0.3) is 0 Å². The summed E-state index contributed by atoms with van der Waals surface area (Å²) in [6.45, 7) is 4.23. The van der Waals surface area contributed by atoms with Gasteiger partial charge in [0.05, 0.1) is 20.1 Å². The fourth-order valence-electron chi connectivity index (χ4n) is 1.61. The SMILES string of the molecule is CCOC(=O)C[C@@H](C)c1cc(OC)ccc1Br. The van der Waals surface area contributed by atoms with E-state index < -0.39 is 0 Å². The van der Waals surface area contributed by atoms with Crippen molar-refractivity contribution in [2.75, 3.05) is 13.7 Å². The van der Waals surface area contributed by atoms with E-state index in [9.17, 15) is 4.79 Å². The molecule has 0 amide bonds. The van der Waals surface area contributed by atoms with Crippen molar-refractivity contribution in [3.05, 3.63) is 28.2 Å². The van der Waals surface area contributed by atoms with Crippen LogP contribution in [0.15, 0.2) is 22.7 Å². The molecule has 1 aromatic rings. The molecule has 0 unspecified atom stereocenters. The molecule has 94 valence electrons. The summed E-state index contributed by atoms with van der Waals surface area (Å²) in [6, 6.07) is 5.74. The van der Waals surface area contributed by atoms with E-state index in [1.54, 1.807) is 7.11 Å². The Morgan fingerprint density at radius 1 is 1.47 bits per heavy atom. The van der Waals surface area contributed by atoms with E-state index in [1.165, 1.54) is 0 Å². The Morgan fingerprint density at radius 2 is 2.18 bits per heavy atom. The van der Waals surface area contributed by atoms with Gasteiger partial charge in [0.1, 0.15) is 5.75 Å².